The van der Waals surface area contributed by atoms with Crippen LogP contribution < -0.4 is 4.74 Å². The van der Waals surface area contributed by atoms with E-state index in [1.54, 1.807) is 0 Å². The van der Waals surface area contributed by atoms with Crippen LogP contribution in [0.1, 0.15) is 58.9 Å². The van der Waals surface area contributed by atoms with Gasteiger partial charge >= 0.3 is 5.97 Å². The van der Waals surface area contributed by atoms with Crippen LogP contribution in [0.2, 0.25) is 0 Å². The molecule has 0 saturated heterocycles. The van der Waals surface area contributed by atoms with Crippen LogP contribution in [-0.4, -0.2) is 5.97 Å². The second kappa shape index (κ2) is 6.03. The number of esters is 1. The van der Waals surface area contributed by atoms with Crippen molar-refractivity contribution in [1.82, 2.24) is 0 Å². The van der Waals surface area contributed by atoms with Crippen molar-refractivity contribution >= 4 is 5.97 Å². The van der Waals surface area contributed by atoms with Crippen molar-refractivity contribution in [3.05, 3.63) is 29.8 Å². The maximum Gasteiger partial charge on any atom is 0.308 e. The quantitative estimate of drug-likeness (QED) is 0.577. The van der Waals surface area contributed by atoms with E-state index in [9.17, 15) is 4.79 Å². The lowest BCUT2D eigenvalue weighted by Crippen LogP contribution is -2.11. The summed E-state index contributed by atoms with van der Waals surface area (Å²) in [5, 5.41) is 0. The minimum Gasteiger partial charge on any atom is -0.427 e. The SMILES string of the molecule is CCC(CC(C)(C)C)c1ccc(OC(C)=O)cc1. The molecule has 1 aromatic rings. The predicted octanol–water partition coefficient (Wildman–Crippen LogP) is 4.54. The summed E-state index contributed by atoms with van der Waals surface area (Å²) in [6.07, 6.45) is 2.29. The van der Waals surface area contributed by atoms with Gasteiger partial charge in [-0.05, 0) is 41.9 Å². The Bertz CT molecular complexity index is 385. The van der Waals surface area contributed by atoms with Crippen molar-refractivity contribution in [2.24, 2.45) is 5.41 Å². The molecule has 0 bridgehead atoms. The number of benzene rings is 1. The third-order valence-corrected chi connectivity index (χ3v) is 2.96. The molecule has 0 aliphatic rings. The van der Waals surface area contributed by atoms with E-state index >= 15 is 0 Å². The Kier molecular flexibility index (Phi) is 4.94. The summed E-state index contributed by atoms with van der Waals surface area (Å²) in [4.78, 5) is 10.9. The number of hydrogen-bond acceptors (Lipinski definition) is 2. The first kappa shape index (κ1) is 14.7. The molecule has 0 amide bonds. The van der Waals surface area contributed by atoms with Crippen molar-refractivity contribution in [3.63, 3.8) is 0 Å². The first-order valence-corrected chi connectivity index (χ1v) is 6.60. The zero-order valence-electron chi connectivity index (χ0n) is 12.1. The van der Waals surface area contributed by atoms with Crippen LogP contribution in [0.5, 0.6) is 5.75 Å². The monoisotopic (exact) mass is 248 g/mol. The van der Waals surface area contributed by atoms with E-state index in [0.29, 0.717) is 17.1 Å². The van der Waals surface area contributed by atoms with Gasteiger partial charge < -0.3 is 4.74 Å². The first-order chi connectivity index (χ1) is 8.31. The van der Waals surface area contributed by atoms with Crippen molar-refractivity contribution in [2.75, 3.05) is 0 Å². The van der Waals surface area contributed by atoms with E-state index in [2.05, 4.69) is 39.8 Å². The smallest absolute Gasteiger partial charge is 0.308 e. The highest BCUT2D eigenvalue weighted by atomic mass is 16.5. The summed E-state index contributed by atoms with van der Waals surface area (Å²) >= 11 is 0. The van der Waals surface area contributed by atoms with Crippen LogP contribution in [0.15, 0.2) is 24.3 Å². The topological polar surface area (TPSA) is 26.3 Å². The molecule has 0 saturated carbocycles. The molecule has 0 N–H and O–H groups in total. The summed E-state index contributed by atoms with van der Waals surface area (Å²) < 4.78 is 5.04. The van der Waals surface area contributed by atoms with Gasteiger partial charge in [0.2, 0.25) is 0 Å². The van der Waals surface area contributed by atoms with Crippen LogP contribution in [0.3, 0.4) is 0 Å². The van der Waals surface area contributed by atoms with Gasteiger partial charge in [0.25, 0.3) is 0 Å². The van der Waals surface area contributed by atoms with Gasteiger partial charge in [0.1, 0.15) is 5.75 Å². The Morgan fingerprint density at radius 3 is 2.17 bits per heavy atom. The lowest BCUT2D eigenvalue weighted by Gasteiger charge is -2.25. The average Bonchev–Trinajstić information content (AvgIpc) is 2.25. The van der Waals surface area contributed by atoms with Gasteiger partial charge in [-0.2, -0.15) is 0 Å². The van der Waals surface area contributed by atoms with Crippen LogP contribution in [0, 0.1) is 5.41 Å². The minimum absolute atomic E-state index is 0.274. The summed E-state index contributed by atoms with van der Waals surface area (Å²) in [5.41, 5.74) is 1.65. The Morgan fingerprint density at radius 1 is 1.22 bits per heavy atom. The molecule has 0 radical (unpaired) electrons. The molecule has 0 fully saturated rings. The average molecular weight is 248 g/mol. The normalized spacial score (nSPS) is 13.2. The largest absolute Gasteiger partial charge is 0.427 e. The summed E-state index contributed by atoms with van der Waals surface area (Å²) in [6.45, 7) is 10.4. The van der Waals surface area contributed by atoms with E-state index in [-0.39, 0.29) is 5.97 Å². The fraction of sp³-hybridized carbons (Fsp3) is 0.562. The highest BCUT2D eigenvalue weighted by molar-refractivity contribution is 5.69. The van der Waals surface area contributed by atoms with Crippen LogP contribution in [0.25, 0.3) is 0 Å². The molecule has 100 valence electrons. The zero-order valence-corrected chi connectivity index (χ0v) is 12.1. The molecule has 0 heterocycles. The molecule has 1 atom stereocenters. The molecule has 2 heteroatoms. The Labute approximate surface area is 110 Å². The van der Waals surface area contributed by atoms with E-state index in [0.717, 1.165) is 12.8 Å². The molecule has 1 rings (SSSR count). The number of rotatable bonds is 4. The van der Waals surface area contributed by atoms with Gasteiger partial charge in [-0.15, -0.1) is 0 Å². The minimum atomic E-state index is -0.274. The van der Waals surface area contributed by atoms with Crippen molar-refractivity contribution in [2.45, 2.75) is 53.4 Å². The number of carbonyl (C=O) groups excluding carboxylic acids is 1. The van der Waals surface area contributed by atoms with Crippen molar-refractivity contribution in [3.8, 4) is 5.75 Å². The Hall–Kier alpha value is -1.31. The number of ether oxygens (including phenoxy) is 1. The van der Waals surface area contributed by atoms with Gasteiger partial charge in [-0.3, -0.25) is 4.79 Å². The standard InChI is InChI=1S/C16H24O2/c1-6-13(11-16(3,4)5)14-7-9-15(10-8-14)18-12(2)17/h7-10,13H,6,11H2,1-5H3. The van der Waals surface area contributed by atoms with Crippen molar-refractivity contribution in [1.29, 1.82) is 0 Å². The predicted molar refractivity (Wildman–Crippen MR) is 74.9 cm³/mol. The van der Waals surface area contributed by atoms with Gasteiger partial charge in [0.05, 0.1) is 0 Å². The summed E-state index contributed by atoms with van der Waals surface area (Å²) in [5.74, 6) is 0.915. The second-order valence-electron chi connectivity index (χ2n) is 6.03. The Balaban J connectivity index is 2.78. The van der Waals surface area contributed by atoms with Gasteiger partial charge in [0, 0.05) is 6.92 Å². The molecule has 1 aromatic carbocycles. The molecular weight excluding hydrogens is 224 g/mol. The van der Waals surface area contributed by atoms with Crippen LogP contribution in [0.4, 0.5) is 0 Å². The van der Waals surface area contributed by atoms with Gasteiger partial charge in [-0.25, -0.2) is 0 Å². The third kappa shape index (κ3) is 4.91. The number of hydrogen-bond donors (Lipinski definition) is 0. The second-order valence-corrected chi connectivity index (χ2v) is 6.03. The lowest BCUT2D eigenvalue weighted by molar-refractivity contribution is -0.131. The van der Waals surface area contributed by atoms with E-state index in [1.807, 2.05) is 12.1 Å². The van der Waals surface area contributed by atoms with Crippen molar-refractivity contribution < 1.29 is 9.53 Å². The molecular formula is C16H24O2. The third-order valence-electron chi connectivity index (χ3n) is 2.96. The van der Waals surface area contributed by atoms with Gasteiger partial charge in [0.15, 0.2) is 0 Å². The molecule has 18 heavy (non-hydrogen) atoms. The molecule has 0 spiro atoms. The fourth-order valence-electron chi connectivity index (χ4n) is 2.21. The lowest BCUT2D eigenvalue weighted by atomic mass is 9.80. The van der Waals surface area contributed by atoms with Crippen LogP contribution >= 0.6 is 0 Å². The van der Waals surface area contributed by atoms with Crippen LogP contribution in [-0.2, 0) is 4.79 Å². The Morgan fingerprint density at radius 2 is 1.78 bits per heavy atom. The summed E-state index contributed by atoms with van der Waals surface area (Å²) in [7, 11) is 0. The van der Waals surface area contributed by atoms with E-state index in [1.165, 1.54) is 12.5 Å². The summed E-state index contributed by atoms with van der Waals surface area (Å²) in [6, 6.07) is 7.89. The zero-order chi connectivity index (χ0) is 13.8. The molecule has 0 aromatic heterocycles. The molecule has 2 nitrogen and oxygen atoms in total. The molecule has 0 aliphatic carbocycles. The maximum atomic E-state index is 10.9. The maximum absolute atomic E-state index is 10.9. The van der Waals surface area contributed by atoms with E-state index in [4.69, 9.17) is 4.74 Å². The van der Waals surface area contributed by atoms with Gasteiger partial charge in [-0.1, -0.05) is 39.8 Å². The first-order valence-electron chi connectivity index (χ1n) is 6.60. The highest BCUT2D eigenvalue weighted by Crippen LogP contribution is 2.33. The van der Waals surface area contributed by atoms with E-state index < -0.39 is 0 Å². The molecule has 0 aliphatic heterocycles. The fourth-order valence-corrected chi connectivity index (χ4v) is 2.21. The molecule has 1 unspecified atom stereocenters. The highest BCUT2D eigenvalue weighted by Gasteiger charge is 2.18. The number of carbonyl (C=O) groups is 1.